The summed E-state index contributed by atoms with van der Waals surface area (Å²) in [6.45, 7) is 1.79. The molecule has 2 aromatic rings. The number of aromatic amines is 1. The Hall–Kier alpha value is -2.02. The molecule has 1 heterocycles. The predicted octanol–water partition coefficient (Wildman–Crippen LogP) is 1.51. The highest BCUT2D eigenvalue weighted by Gasteiger charge is 2.16. The zero-order chi connectivity index (χ0) is 13.0. The van der Waals surface area contributed by atoms with Gasteiger partial charge in [0.1, 0.15) is 0 Å². The highest BCUT2D eigenvalue weighted by Crippen LogP contribution is 2.20. The zero-order valence-corrected chi connectivity index (χ0v) is 10.6. The highest BCUT2D eigenvalue weighted by atomic mass is 32.2. The van der Waals surface area contributed by atoms with Gasteiger partial charge in [-0.15, -0.1) is 5.10 Å². The number of rotatable bonds is 4. The summed E-state index contributed by atoms with van der Waals surface area (Å²) in [4.78, 5) is 15.8. The number of carbonyl (C=O) groups excluding carboxylic acids is 1. The molecule has 0 fully saturated rings. The van der Waals surface area contributed by atoms with E-state index in [4.69, 9.17) is 5.73 Å². The fourth-order valence-electron chi connectivity index (χ4n) is 1.29. The minimum absolute atomic E-state index is 0.102. The number of H-pyrrole nitrogens is 1. The van der Waals surface area contributed by atoms with Crippen LogP contribution in [-0.2, 0) is 4.79 Å². The van der Waals surface area contributed by atoms with E-state index < -0.39 is 0 Å². The molecule has 0 saturated heterocycles. The molecule has 1 amide bonds. The monoisotopic (exact) mass is 263 g/mol. The standard InChI is InChI=1S/C11H13N5OS/c1-7(18-11-14-10(12)15-16-11)9(17)13-8-5-3-2-4-6-8/h2-7H,1H3,(H,13,17)(H3,12,14,15,16)/t7-/m0/s1. The summed E-state index contributed by atoms with van der Waals surface area (Å²) in [6.07, 6.45) is 0. The summed E-state index contributed by atoms with van der Waals surface area (Å²) in [5, 5.41) is 9.36. The van der Waals surface area contributed by atoms with E-state index >= 15 is 0 Å². The average molecular weight is 263 g/mol. The summed E-state index contributed by atoms with van der Waals surface area (Å²) < 4.78 is 0. The van der Waals surface area contributed by atoms with Crippen molar-refractivity contribution in [3.05, 3.63) is 30.3 Å². The molecule has 6 nitrogen and oxygen atoms in total. The number of aromatic nitrogens is 3. The number of nitrogens with zero attached hydrogens (tertiary/aromatic N) is 2. The van der Waals surface area contributed by atoms with Gasteiger partial charge in [0.25, 0.3) is 0 Å². The van der Waals surface area contributed by atoms with Gasteiger partial charge in [-0.3, -0.25) is 4.79 Å². The Kier molecular flexibility index (Phi) is 3.83. The van der Waals surface area contributed by atoms with Crippen LogP contribution < -0.4 is 11.1 Å². The van der Waals surface area contributed by atoms with Crippen molar-refractivity contribution in [1.29, 1.82) is 0 Å². The molecule has 0 saturated carbocycles. The molecule has 0 bridgehead atoms. The van der Waals surface area contributed by atoms with E-state index in [2.05, 4.69) is 20.5 Å². The van der Waals surface area contributed by atoms with Gasteiger partial charge in [0.15, 0.2) is 0 Å². The van der Waals surface area contributed by atoms with Crippen LogP contribution >= 0.6 is 11.8 Å². The Morgan fingerprint density at radius 2 is 2.17 bits per heavy atom. The molecule has 1 aromatic carbocycles. The van der Waals surface area contributed by atoms with E-state index in [9.17, 15) is 4.79 Å². The minimum atomic E-state index is -0.305. The number of benzene rings is 1. The molecular weight excluding hydrogens is 250 g/mol. The number of para-hydroxylation sites is 1. The third-order valence-corrected chi connectivity index (χ3v) is 3.14. The Balaban J connectivity index is 1.93. The van der Waals surface area contributed by atoms with Gasteiger partial charge in [-0.2, -0.15) is 4.98 Å². The van der Waals surface area contributed by atoms with Crippen LogP contribution in [0.1, 0.15) is 6.92 Å². The van der Waals surface area contributed by atoms with Gasteiger partial charge in [0.2, 0.25) is 17.0 Å². The van der Waals surface area contributed by atoms with Crippen LogP contribution in [0.5, 0.6) is 0 Å². The molecule has 1 aromatic heterocycles. The van der Waals surface area contributed by atoms with Gasteiger partial charge in [-0.05, 0) is 19.1 Å². The van der Waals surface area contributed by atoms with E-state index in [1.165, 1.54) is 11.8 Å². The number of anilines is 2. The molecule has 7 heteroatoms. The molecule has 2 rings (SSSR count). The van der Waals surface area contributed by atoms with E-state index in [1.807, 2.05) is 30.3 Å². The van der Waals surface area contributed by atoms with Crippen LogP contribution in [0.2, 0.25) is 0 Å². The maximum atomic E-state index is 11.9. The second kappa shape index (κ2) is 5.54. The number of amides is 1. The fraction of sp³-hybridized carbons (Fsp3) is 0.182. The number of hydrogen-bond acceptors (Lipinski definition) is 5. The summed E-state index contributed by atoms with van der Waals surface area (Å²) in [5.74, 6) is 0.141. The van der Waals surface area contributed by atoms with Crippen LogP contribution in [0, 0.1) is 0 Å². The number of nitrogens with one attached hydrogen (secondary N) is 2. The Morgan fingerprint density at radius 1 is 1.44 bits per heavy atom. The van der Waals surface area contributed by atoms with Crippen LogP contribution in [-0.4, -0.2) is 26.3 Å². The summed E-state index contributed by atoms with van der Waals surface area (Å²) in [6, 6.07) is 9.29. The Morgan fingerprint density at radius 3 is 2.78 bits per heavy atom. The lowest BCUT2D eigenvalue weighted by molar-refractivity contribution is -0.115. The lowest BCUT2D eigenvalue weighted by Gasteiger charge is -2.09. The van der Waals surface area contributed by atoms with Crippen LogP contribution in [0.3, 0.4) is 0 Å². The smallest absolute Gasteiger partial charge is 0.237 e. The largest absolute Gasteiger partial charge is 0.368 e. The minimum Gasteiger partial charge on any atom is -0.368 e. The van der Waals surface area contributed by atoms with Crippen molar-refractivity contribution in [2.24, 2.45) is 0 Å². The quantitative estimate of drug-likeness (QED) is 0.726. The third kappa shape index (κ3) is 3.24. The van der Waals surface area contributed by atoms with E-state index in [1.54, 1.807) is 6.92 Å². The first kappa shape index (κ1) is 12.4. The van der Waals surface area contributed by atoms with Crippen molar-refractivity contribution in [2.75, 3.05) is 11.1 Å². The first-order chi connectivity index (χ1) is 8.65. The summed E-state index contributed by atoms with van der Waals surface area (Å²) in [7, 11) is 0. The Bertz CT molecular complexity index is 527. The zero-order valence-electron chi connectivity index (χ0n) is 9.75. The molecule has 0 spiro atoms. The van der Waals surface area contributed by atoms with Gasteiger partial charge in [-0.1, -0.05) is 30.0 Å². The fourth-order valence-corrected chi connectivity index (χ4v) is 2.02. The van der Waals surface area contributed by atoms with Gasteiger partial charge in [-0.25, -0.2) is 5.10 Å². The second-order valence-electron chi connectivity index (χ2n) is 3.62. The topological polar surface area (TPSA) is 96.7 Å². The first-order valence-electron chi connectivity index (χ1n) is 5.35. The normalized spacial score (nSPS) is 12.1. The molecule has 18 heavy (non-hydrogen) atoms. The van der Waals surface area contributed by atoms with Crippen molar-refractivity contribution in [3.63, 3.8) is 0 Å². The van der Waals surface area contributed by atoms with E-state index in [0.29, 0.717) is 5.16 Å². The average Bonchev–Trinajstić information content (AvgIpc) is 2.76. The molecule has 0 radical (unpaired) electrons. The van der Waals surface area contributed by atoms with Crippen molar-refractivity contribution in [2.45, 2.75) is 17.3 Å². The molecule has 4 N–H and O–H groups in total. The lowest BCUT2D eigenvalue weighted by atomic mass is 10.3. The maximum absolute atomic E-state index is 11.9. The number of nitrogen functional groups attached to an aromatic ring is 1. The maximum Gasteiger partial charge on any atom is 0.237 e. The molecule has 94 valence electrons. The molecule has 0 aliphatic rings. The molecule has 0 unspecified atom stereocenters. The van der Waals surface area contributed by atoms with E-state index in [0.717, 1.165) is 5.69 Å². The van der Waals surface area contributed by atoms with Crippen molar-refractivity contribution >= 4 is 29.3 Å². The number of thioether (sulfide) groups is 1. The summed E-state index contributed by atoms with van der Waals surface area (Å²) >= 11 is 1.25. The number of hydrogen-bond donors (Lipinski definition) is 3. The van der Waals surface area contributed by atoms with Crippen molar-refractivity contribution in [3.8, 4) is 0 Å². The lowest BCUT2D eigenvalue weighted by Crippen LogP contribution is -2.22. The van der Waals surface area contributed by atoms with Crippen molar-refractivity contribution in [1.82, 2.24) is 15.2 Å². The van der Waals surface area contributed by atoms with Crippen LogP contribution in [0.25, 0.3) is 0 Å². The first-order valence-corrected chi connectivity index (χ1v) is 6.23. The molecule has 0 aliphatic carbocycles. The molecule has 0 aliphatic heterocycles. The van der Waals surface area contributed by atoms with Gasteiger partial charge in [0, 0.05) is 5.69 Å². The third-order valence-electron chi connectivity index (χ3n) is 2.17. The predicted molar refractivity (Wildman–Crippen MR) is 71.2 cm³/mol. The SMILES string of the molecule is C[C@H](Sc1n[nH]c(N)n1)C(=O)Nc1ccccc1. The number of carbonyl (C=O) groups is 1. The second-order valence-corrected chi connectivity index (χ2v) is 4.93. The molecule has 1 atom stereocenters. The van der Waals surface area contributed by atoms with Gasteiger partial charge < -0.3 is 11.1 Å². The van der Waals surface area contributed by atoms with E-state index in [-0.39, 0.29) is 17.1 Å². The van der Waals surface area contributed by atoms with Gasteiger partial charge in [0.05, 0.1) is 5.25 Å². The van der Waals surface area contributed by atoms with Crippen LogP contribution in [0.4, 0.5) is 11.6 Å². The molecular formula is C11H13N5OS. The summed E-state index contributed by atoms with van der Waals surface area (Å²) in [5.41, 5.74) is 6.18. The Labute approximate surface area is 108 Å². The van der Waals surface area contributed by atoms with Crippen molar-refractivity contribution < 1.29 is 4.79 Å². The van der Waals surface area contributed by atoms with Crippen LogP contribution in [0.15, 0.2) is 35.5 Å². The van der Waals surface area contributed by atoms with Gasteiger partial charge >= 0.3 is 0 Å². The number of nitrogens with two attached hydrogens (primary N) is 1. The highest BCUT2D eigenvalue weighted by molar-refractivity contribution is 8.00.